The van der Waals surface area contributed by atoms with Crippen molar-refractivity contribution >= 4 is 17.2 Å². The van der Waals surface area contributed by atoms with Gasteiger partial charge in [-0.05, 0) is 32.2 Å². The molecule has 2 heterocycles. The van der Waals surface area contributed by atoms with Crippen molar-refractivity contribution in [1.29, 1.82) is 0 Å². The summed E-state index contributed by atoms with van der Waals surface area (Å²) in [5.41, 5.74) is 1.07. The average molecular weight is 371 g/mol. The number of nitrogens with zero attached hydrogens (tertiary/aromatic N) is 3. The number of aromatic nitrogens is 2. The third-order valence-electron chi connectivity index (χ3n) is 5.54. The summed E-state index contributed by atoms with van der Waals surface area (Å²) < 4.78 is 0. The Morgan fingerprint density at radius 2 is 1.85 bits per heavy atom. The first-order chi connectivity index (χ1) is 12.8. The molecule has 1 saturated carbocycles. The fraction of sp³-hybridized carbons (Fsp3) is 0.550. The molecule has 1 aromatic carbocycles. The van der Waals surface area contributed by atoms with E-state index in [1.807, 2.05) is 30.3 Å². The Morgan fingerprint density at radius 1 is 1.08 bits per heavy atom. The Bertz CT molecular complexity index is 726. The van der Waals surface area contributed by atoms with Gasteiger partial charge in [0.05, 0.1) is 12.6 Å². The number of benzene rings is 1. The molecule has 2 aromatic rings. The molecular formula is C20H26N4OS. The van der Waals surface area contributed by atoms with Gasteiger partial charge < -0.3 is 5.32 Å². The number of hydrogen-bond donors (Lipinski definition) is 1. The summed E-state index contributed by atoms with van der Waals surface area (Å²) in [6.45, 7) is 1.54. The lowest BCUT2D eigenvalue weighted by Crippen LogP contribution is -2.52. The molecule has 1 aliphatic heterocycles. The Balaban J connectivity index is 1.36. The summed E-state index contributed by atoms with van der Waals surface area (Å²) in [5.74, 6) is 0.160. The van der Waals surface area contributed by atoms with Crippen LogP contribution in [0.15, 0.2) is 30.3 Å². The Morgan fingerprint density at radius 3 is 2.65 bits per heavy atom. The van der Waals surface area contributed by atoms with E-state index in [1.165, 1.54) is 32.1 Å². The monoisotopic (exact) mass is 370 g/mol. The molecule has 1 N–H and O–H groups in total. The number of likely N-dealkylation sites (tertiary alicyclic amines) is 1. The maximum Gasteiger partial charge on any atom is 0.237 e. The van der Waals surface area contributed by atoms with Gasteiger partial charge in [-0.3, -0.25) is 9.69 Å². The molecule has 1 atom stereocenters. The molecule has 0 radical (unpaired) electrons. The summed E-state index contributed by atoms with van der Waals surface area (Å²) in [4.78, 5) is 15.3. The summed E-state index contributed by atoms with van der Waals surface area (Å²) in [6, 6.07) is 10.7. The summed E-state index contributed by atoms with van der Waals surface area (Å²) in [7, 11) is 0. The lowest BCUT2D eigenvalue weighted by Gasteiger charge is -2.38. The molecule has 1 saturated heterocycles. The topological polar surface area (TPSA) is 58.1 Å². The van der Waals surface area contributed by atoms with E-state index in [0.717, 1.165) is 35.0 Å². The second-order valence-corrected chi connectivity index (χ2v) is 8.33. The van der Waals surface area contributed by atoms with Crippen LogP contribution in [0.5, 0.6) is 0 Å². The number of rotatable bonds is 5. The van der Waals surface area contributed by atoms with Gasteiger partial charge in [-0.1, -0.05) is 60.9 Å². The number of amides is 1. The second-order valence-electron chi connectivity index (χ2n) is 7.27. The molecule has 1 unspecified atom stereocenters. The van der Waals surface area contributed by atoms with Crippen molar-refractivity contribution in [1.82, 2.24) is 20.4 Å². The van der Waals surface area contributed by atoms with E-state index in [-0.39, 0.29) is 11.9 Å². The van der Waals surface area contributed by atoms with Crippen molar-refractivity contribution in [3.05, 3.63) is 35.3 Å². The van der Waals surface area contributed by atoms with Gasteiger partial charge in [-0.15, -0.1) is 10.2 Å². The fourth-order valence-electron chi connectivity index (χ4n) is 4.21. The van der Waals surface area contributed by atoms with E-state index in [9.17, 15) is 4.79 Å². The largest absolute Gasteiger partial charge is 0.348 e. The number of nitrogens with one attached hydrogen (secondary N) is 1. The fourth-order valence-corrected chi connectivity index (χ4v) is 5.00. The van der Waals surface area contributed by atoms with Crippen molar-refractivity contribution in [3.63, 3.8) is 0 Å². The highest BCUT2D eigenvalue weighted by Crippen LogP contribution is 2.29. The molecule has 2 fully saturated rings. The van der Waals surface area contributed by atoms with Crippen LogP contribution in [0.2, 0.25) is 0 Å². The highest BCUT2D eigenvalue weighted by molar-refractivity contribution is 7.14. The smallest absolute Gasteiger partial charge is 0.237 e. The van der Waals surface area contributed by atoms with Crippen molar-refractivity contribution in [2.75, 3.05) is 6.54 Å². The first kappa shape index (κ1) is 17.6. The maximum absolute atomic E-state index is 12.8. The van der Waals surface area contributed by atoms with Gasteiger partial charge in [-0.25, -0.2) is 0 Å². The van der Waals surface area contributed by atoms with Crippen LogP contribution in [-0.2, 0) is 11.3 Å². The zero-order valence-electron chi connectivity index (χ0n) is 15.1. The highest BCUT2D eigenvalue weighted by atomic mass is 32.1. The summed E-state index contributed by atoms with van der Waals surface area (Å²) in [5, 5.41) is 13.4. The van der Waals surface area contributed by atoms with E-state index >= 15 is 0 Å². The zero-order chi connectivity index (χ0) is 17.8. The third-order valence-corrected chi connectivity index (χ3v) is 6.51. The van der Waals surface area contributed by atoms with Gasteiger partial charge >= 0.3 is 0 Å². The summed E-state index contributed by atoms with van der Waals surface area (Å²) >= 11 is 1.55. The van der Waals surface area contributed by atoms with Gasteiger partial charge in [0.25, 0.3) is 0 Å². The third kappa shape index (κ3) is 3.96. The number of piperidine rings is 1. The van der Waals surface area contributed by atoms with Crippen LogP contribution in [0, 0.1) is 0 Å². The van der Waals surface area contributed by atoms with E-state index in [0.29, 0.717) is 12.6 Å². The number of carbonyl (C=O) groups is 1. The molecule has 138 valence electrons. The maximum atomic E-state index is 12.8. The quantitative estimate of drug-likeness (QED) is 0.873. The van der Waals surface area contributed by atoms with E-state index < -0.39 is 0 Å². The number of carbonyl (C=O) groups excluding carboxylic acids is 1. The minimum Gasteiger partial charge on any atom is -0.348 e. The molecule has 26 heavy (non-hydrogen) atoms. The molecule has 1 aromatic heterocycles. The predicted molar refractivity (Wildman–Crippen MR) is 104 cm³/mol. The second kappa shape index (κ2) is 8.27. The number of hydrogen-bond acceptors (Lipinski definition) is 5. The van der Waals surface area contributed by atoms with Crippen molar-refractivity contribution in [2.24, 2.45) is 0 Å². The van der Waals surface area contributed by atoms with Gasteiger partial charge in [0.15, 0.2) is 0 Å². The van der Waals surface area contributed by atoms with Crippen molar-refractivity contribution in [3.8, 4) is 10.6 Å². The molecule has 1 amide bonds. The lowest BCUT2D eigenvalue weighted by atomic mass is 9.98. The van der Waals surface area contributed by atoms with Crippen LogP contribution in [0.25, 0.3) is 10.6 Å². The standard InChI is InChI=1S/C20H26N4OS/c25-19(17-12-6-7-13-24(17)16-10-4-5-11-16)21-14-18-22-23-20(26-18)15-8-2-1-3-9-15/h1-3,8-9,16-17H,4-7,10-14H2,(H,21,25). The highest BCUT2D eigenvalue weighted by Gasteiger charge is 2.34. The SMILES string of the molecule is O=C(NCc1nnc(-c2ccccc2)s1)C1CCCCN1C1CCCC1. The molecule has 2 aliphatic rings. The molecular weight excluding hydrogens is 344 g/mol. The van der Waals surface area contributed by atoms with E-state index in [2.05, 4.69) is 20.4 Å². The zero-order valence-corrected chi connectivity index (χ0v) is 15.9. The predicted octanol–water partition coefficient (Wildman–Crippen LogP) is 3.62. The average Bonchev–Trinajstić information content (AvgIpc) is 3.39. The van der Waals surface area contributed by atoms with Crippen LogP contribution in [-0.4, -0.2) is 39.6 Å². The lowest BCUT2D eigenvalue weighted by molar-refractivity contribution is -0.129. The van der Waals surface area contributed by atoms with Gasteiger partial charge in [0.2, 0.25) is 5.91 Å². The Kier molecular flexibility index (Phi) is 5.60. The normalized spacial score (nSPS) is 21.8. The molecule has 0 bridgehead atoms. The molecule has 5 nitrogen and oxygen atoms in total. The van der Waals surface area contributed by atoms with Gasteiger partial charge in [-0.2, -0.15) is 0 Å². The van der Waals surface area contributed by atoms with Crippen LogP contribution >= 0.6 is 11.3 Å². The minimum absolute atomic E-state index is 0.0355. The molecule has 6 heteroatoms. The molecule has 0 spiro atoms. The Labute approximate surface area is 158 Å². The minimum atomic E-state index is 0.0355. The first-order valence-corrected chi connectivity index (χ1v) is 10.5. The molecule has 4 rings (SSSR count). The van der Waals surface area contributed by atoms with Gasteiger partial charge in [0.1, 0.15) is 10.0 Å². The Hall–Kier alpha value is -1.79. The molecule has 1 aliphatic carbocycles. The van der Waals surface area contributed by atoms with Crippen LogP contribution < -0.4 is 5.32 Å². The van der Waals surface area contributed by atoms with E-state index in [1.54, 1.807) is 11.3 Å². The van der Waals surface area contributed by atoms with E-state index in [4.69, 9.17) is 0 Å². The van der Waals surface area contributed by atoms with Gasteiger partial charge in [0, 0.05) is 11.6 Å². The van der Waals surface area contributed by atoms with Crippen molar-refractivity contribution < 1.29 is 4.79 Å². The van der Waals surface area contributed by atoms with Crippen molar-refractivity contribution in [2.45, 2.75) is 63.6 Å². The summed E-state index contributed by atoms with van der Waals surface area (Å²) in [6.07, 6.45) is 8.47. The first-order valence-electron chi connectivity index (χ1n) is 9.72. The van der Waals surface area contributed by atoms with Crippen LogP contribution in [0.3, 0.4) is 0 Å². The van der Waals surface area contributed by atoms with Crippen LogP contribution in [0.4, 0.5) is 0 Å². The van der Waals surface area contributed by atoms with Crippen LogP contribution in [0.1, 0.15) is 50.0 Å².